The number of aliphatic imine (C=N–C) groups is 1. The Morgan fingerprint density at radius 3 is 2.54 bits per heavy atom. The molecular weight excluding hydrogens is 302 g/mol. The fourth-order valence-corrected chi connectivity index (χ4v) is 3.53. The number of nitrogens with one attached hydrogen (secondary N) is 1. The summed E-state index contributed by atoms with van der Waals surface area (Å²) in [6.45, 7) is 10.9. The third kappa shape index (κ3) is 6.22. The molecule has 0 bridgehead atoms. The van der Waals surface area contributed by atoms with Crippen molar-refractivity contribution in [1.29, 1.82) is 0 Å². The standard InChI is InChI=1S/C18H37N5O/c1-16(23-11-9-21(3)10-12-23)15-20-18(19-2)22(4)8-5-17-6-13-24-14-7-17/h16-17H,5-15H2,1-4H3,(H,19,20). The SMILES string of the molecule is CN=C(NCC(C)N1CCN(C)CC1)N(C)CCC1CCOCC1. The number of rotatable bonds is 6. The summed E-state index contributed by atoms with van der Waals surface area (Å²) in [5.41, 5.74) is 0. The lowest BCUT2D eigenvalue weighted by molar-refractivity contribution is 0.0625. The third-order valence-electron chi connectivity index (χ3n) is 5.50. The lowest BCUT2D eigenvalue weighted by Crippen LogP contribution is -2.52. The highest BCUT2D eigenvalue weighted by atomic mass is 16.5. The molecule has 2 fully saturated rings. The van der Waals surface area contributed by atoms with Gasteiger partial charge in [-0.2, -0.15) is 0 Å². The number of piperazine rings is 1. The molecule has 1 atom stereocenters. The van der Waals surface area contributed by atoms with Crippen LogP contribution < -0.4 is 5.32 Å². The summed E-state index contributed by atoms with van der Waals surface area (Å²) >= 11 is 0. The van der Waals surface area contributed by atoms with E-state index in [2.05, 4.69) is 46.0 Å². The zero-order valence-electron chi connectivity index (χ0n) is 16.1. The van der Waals surface area contributed by atoms with E-state index in [0.717, 1.165) is 51.3 Å². The molecule has 2 heterocycles. The van der Waals surface area contributed by atoms with Gasteiger partial charge in [0.2, 0.25) is 0 Å². The van der Waals surface area contributed by atoms with Crippen LogP contribution in [-0.4, -0.2) is 100 Å². The van der Waals surface area contributed by atoms with Crippen molar-refractivity contribution < 1.29 is 4.74 Å². The molecule has 6 heteroatoms. The van der Waals surface area contributed by atoms with E-state index in [-0.39, 0.29) is 0 Å². The van der Waals surface area contributed by atoms with E-state index < -0.39 is 0 Å². The highest BCUT2D eigenvalue weighted by Gasteiger charge is 2.20. The summed E-state index contributed by atoms with van der Waals surface area (Å²) in [7, 11) is 6.23. The smallest absolute Gasteiger partial charge is 0.193 e. The Balaban J connectivity index is 1.68. The van der Waals surface area contributed by atoms with Gasteiger partial charge in [-0.25, -0.2) is 0 Å². The topological polar surface area (TPSA) is 43.3 Å². The molecule has 2 aliphatic rings. The minimum Gasteiger partial charge on any atom is -0.381 e. The first kappa shape index (κ1) is 19.5. The molecule has 0 aliphatic carbocycles. The molecule has 0 saturated carbocycles. The Bertz CT molecular complexity index is 376. The summed E-state index contributed by atoms with van der Waals surface area (Å²) in [4.78, 5) is 11.7. The van der Waals surface area contributed by atoms with Gasteiger partial charge in [0.15, 0.2) is 5.96 Å². The first-order valence-electron chi connectivity index (χ1n) is 9.52. The average molecular weight is 340 g/mol. The van der Waals surface area contributed by atoms with Crippen LogP contribution in [0.4, 0.5) is 0 Å². The molecule has 0 aromatic heterocycles. The summed E-state index contributed by atoms with van der Waals surface area (Å²) in [6, 6.07) is 0.541. The molecule has 24 heavy (non-hydrogen) atoms. The molecule has 1 unspecified atom stereocenters. The van der Waals surface area contributed by atoms with Crippen LogP contribution in [0.25, 0.3) is 0 Å². The minimum absolute atomic E-state index is 0.541. The molecule has 1 N–H and O–H groups in total. The number of hydrogen-bond acceptors (Lipinski definition) is 4. The van der Waals surface area contributed by atoms with E-state index in [4.69, 9.17) is 4.74 Å². The highest BCUT2D eigenvalue weighted by Crippen LogP contribution is 2.18. The number of guanidine groups is 1. The summed E-state index contributed by atoms with van der Waals surface area (Å²) in [6.07, 6.45) is 3.65. The Kier molecular flexibility index (Phi) is 8.29. The van der Waals surface area contributed by atoms with E-state index in [9.17, 15) is 0 Å². The van der Waals surface area contributed by atoms with Crippen LogP contribution in [0.1, 0.15) is 26.2 Å². The first-order valence-corrected chi connectivity index (χ1v) is 9.52. The molecule has 2 aliphatic heterocycles. The van der Waals surface area contributed by atoms with Crippen molar-refractivity contribution in [3.63, 3.8) is 0 Å². The van der Waals surface area contributed by atoms with Gasteiger partial charge in [-0.3, -0.25) is 9.89 Å². The fourth-order valence-electron chi connectivity index (χ4n) is 3.53. The third-order valence-corrected chi connectivity index (χ3v) is 5.50. The van der Waals surface area contributed by atoms with Crippen LogP contribution in [-0.2, 0) is 4.74 Å². The van der Waals surface area contributed by atoms with Crippen LogP contribution in [0.2, 0.25) is 0 Å². The van der Waals surface area contributed by atoms with Crippen molar-refractivity contribution in [2.45, 2.75) is 32.2 Å². The second-order valence-electron chi connectivity index (χ2n) is 7.38. The van der Waals surface area contributed by atoms with E-state index in [1.165, 1.54) is 32.4 Å². The molecule has 0 aromatic rings. The Labute approximate surface area is 148 Å². The quantitative estimate of drug-likeness (QED) is 0.576. The Hall–Kier alpha value is -0.850. The first-order chi connectivity index (χ1) is 11.6. The zero-order valence-corrected chi connectivity index (χ0v) is 16.1. The zero-order chi connectivity index (χ0) is 17.4. The van der Waals surface area contributed by atoms with Crippen molar-refractivity contribution in [2.24, 2.45) is 10.9 Å². The molecule has 0 amide bonds. The second kappa shape index (κ2) is 10.2. The number of hydrogen-bond donors (Lipinski definition) is 1. The lowest BCUT2D eigenvalue weighted by atomic mass is 9.96. The molecule has 6 nitrogen and oxygen atoms in total. The van der Waals surface area contributed by atoms with E-state index in [1.54, 1.807) is 0 Å². The number of nitrogens with zero attached hydrogens (tertiary/aromatic N) is 4. The largest absolute Gasteiger partial charge is 0.381 e. The molecule has 140 valence electrons. The molecule has 2 rings (SSSR count). The maximum atomic E-state index is 5.45. The summed E-state index contributed by atoms with van der Waals surface area (Å²) in [5.74, 6) is 1.83. The van der Waals surface area contributed by atoms with Crippen molar-refractivity contribution in [3.8, 4) is 0 Å². The average Bonchev–Trinajstić information content (AvgIpc) is 2.61. The van der Waals surface area contributed by atoms with Gasteiger partial charge in [-0.15, -0.1) is 0 Å². The normalized spacial score (nSPS) is 23.2. The van der Waals surface area contributed by atoms with Gasteiger partial charge in [0.1, 0.15) is 0 Å². The van der Waals surface area contributed by atoms with Gasteiger partial charge in [0, 0.05) is 72.6 Å². The highest BCUT2D eigenvalue weighted by molar-refractivity contribution is 5.79. The van der Waals surface area contributed by atoms with Crippen LogP contribution >= 0.6 is 0 Å². The van der Waals surface area contributed by atoms with Crippen molar-refractivity contribution in [2.75, 3.05) is 73.6 Å². The monoisotopic (exact) mass is 339 g/mol. The van der Waals surface area contributed by atoms with Gasteiger partial charge in [0.25, 0.3) is 0 Å². The van der Waals surface area contributed by atoms with Gasteiger partial charge in [-0.1, -0.05) is 0 Å². The van der Waals surface area contributed by atoms with E-state index in [0.29, 0.717) is 6.04 Å². The van der Waals surface area contributed by atoms with Crippen molar-refractivity contribution >= 4 is 5.96 Å². The predicted octanol–water partition coefficient (Wildman–Crippen LogP) is 0.946. The predicted molar refractivity (Wildman–Crippen MR) is 101 cm³/mol. The molecule has 2 saturated heterocycles. The van der Waals surface area contributed by atoms with Crippen molar-refractivity contribution in [1.82, 2.24) is 20.0 Å². The van der Waals surface area contributed by atoms with Crippen molar-refractivity contribution in [3.05, 3.63) is 0 Å². The van der Waals surface area contributed by atoms with Gasteiger partial charge in [0.05, 0.1) is 0 Å². The Morgan fingerprint density at radius 2 is 1.92 bits per heavy atom. The maximum absolute atomic E-state index is 5.45. The number of ether oxygens (including phenoxy) is 1. The Morgan fingerprint density at radius 1 is 1.25 bits per heavy atom. The summed E-state index contributed by atoms with van der Waals surface area (Å²) < 4.78 is 5.45. The molecular formula is C18H37N5O. The molecule has 0 aromatic carbocycles. The lowest BCUT2D eigenvalue weighted by Gasteiger charge is -2.37. The molecule has 0 spiro atoms. The number of likely N-dealkylation sites (N-methyl/N-ethyl adjacent to an activating group) is 1. The van der Waals surface area contributed by atoms with Gasteiger partial charge in [-0.05, 0) is 39.2 Å². The van der Waals surface area contributed by atoms with E-state index in [1.807, 2.05) is 7.05 Å². The van der Waals surface area contributed by atoms with Crippen LogP contribution in [0.5, 0.6) is 0 Å². The summed E-state index contributed by atoms with van der Waals surface area (Å²) in [5, 5.41) is 3.56. The van der Waals surface area contributed by atoms with Crippen LogP contribution in [0, 0.1) is 5.92 Å². The van der Waals surface area contributed by atoms with E-state index >= 15 is 0 Å². The van der Waals surface area contributed by atoms with Crippen LogP contribution in [0.15, 0.2) is 4.99 Å². The van der Waals surface area contributed by atoms with Gasteiger partial charge < -0.3 is 19.9 Å². The second-order valence-corrected chi connectivity index (χ2v) is 7.38. The minimum atomic E-state index is 0.541. The van der Waals surface area contributed by atoms with Gasteiger partial charge >= 0.3 is 0 Å². The fraction of sp³-hybridized carbons (Fsp3) is 0.944. The van der Waals surface area contributed by atoms with Crippen LogP contribution in [0.3, 0.4) is 0 Å². The maximum Gasteiger partial charge on any atom is 0.193 e. The molecule has 0 radical (unpaired) electrons.